The highest BCUT2D eigenvalue weighted by Crippen LogP contribution is 2.38. The van der Waals surface area contributed by atoms with E-state index in [9.17, 15) is 14.3 Å². The first-order valence-corrected chi connectivity index (χ1v) is 10.8. The molecule has 0 saturated heterocycles. The smallest absolute Gasteiger partial charge is 0.350 e. The zero-order chi connectivity index (χ0) is 22.8. The summed E-state index contributed by atoms with van der Waals surface area (Å²) in [7, 11) is 1.48. The molecule has 0 aliphatic heterocycles. The van der Waals surface area contributed by atoms with Gasteiger partial charge in [0.2, 0.25) is 0 Å². The van der Waals surface area contributed by atoms with Crippen molar-refractivity contribution < 1.29 is 23.8 Å². The van der Waals surface area contributed by atoms with E-state index in [1.54, 1.807) is 37.3 Å². The molecule has 0 unspecified atom stereocenters. The third kappa shape index (κ3) is 3.99. The summed E-state index contributed by atoms with van der Waals surface area (Å²) in [6, 6.07) is 11.2. The van der Waals surface area contributed by atoms with Crippen LogP contribution in [0.5, 0.6) is 11.5 Å². The normalized spacial score (nSPS) is 11.0. The maximum Gasteiger partial charge on any atom is 0.350 e. The fourth-order valence-corrected chi connectivity index (χ4v) is 4.43. The molecule has 4 aromatic rings. The van der Waals surface area contributed by atoms with Crippen LogP contribution >= 0.6 is 11.3 Å². The number of nitrogens with one attached hydrogen (secondary N) is 1. The number of benzene rings is 2. The highest BCUT2D eigenvalue weighted by atomic mass is 32.1. The number of anilines is 1. The Balaban J connectivity index is 1.82. The first-order chi connectivity index (χ1) is 15.4. The van der Waals surface area contributed by atoms with Gasteiger partial charge in [-0.05, 0) is 49.7 Å². The molecule has 0 radical (unpaired) electrons. The van der Waals surface area contributed by atoms with Crippen LogP contribution < -0.4 is 10.1 Å². The van der Waals surface area contributed by atoms with E-state index >= 15 is 0 Å². The van der Waals surface area contributed by atoms with E-state index in [1.165, 1.54) is 30.6 Å². The minimum atomic E-state index is -0.391. The Morgan fingerprint density at radius 3 is 2.69 bits per heavy atom. The number of nitrogens with zero attached hydrogens (tertiary/aromatic N) is 2. The fraction of sp³-hybridized carbons (Fsp3) is 0.217. The molecule has 0 aliphatic rings. The summed E-state index contributed by atoms with van der Waals surface area (Å²) in [4.78, 5) is 18.2. The lowest BCUT2D eigenvalue weighted by Crippen LogP contribution is -2.07. The lowest BCUT2D eigenvalue weighted by molar-refractivity contribution is 0.0531. The van der Waals surface area contributed by atoms with Crippen molar-refractivity contribution in [2.45, 2.75) is 20.4 Å². The van der Waals surface area contributed by atoms with Gasteiger partial charge in [0.05, 0.1) is 13.7 Å². The number of hydrogen-bond acceptors (Lipinski definition) is 7. The summed E-state index contributed by atoms with van der Waals surface area (Å²) >= 11 is 1.25. The average molecular weight is 456 g/mol. The minimum Gasteiger partial charge on any atom is -0.504 e. The number of rotatable bonds is 7. The lowest BCUT2D eigenvalue weighted by Gasteiger charge is -2.11. The molecular formula is C23H22FN3O4S. The van der Waals surface area contributed by atoms with Gasteiger partial charge in [-0.3, -0.25) is 4.40 Å². The number of aromatic hydroxyl groups is 1. The number of imidazole rings is 1. The molecule has 2 aromatic heterocycles. The molecule has 2 N–H and O–H groups in total. The molecule has 32 heavy (non-hydrogen) atoms. The van der Waals surface area contributed by atoms with E-state index in [-0.39, 0.29) is 18.2 Å². The molecule has 0 atom stereocenters. The van der Waals surface area contributed by atoms with E-state index in [2.05, 4.69) is 5.32 Å². The maximum absolute atomic E-state index is 13.3. The van der Waals surface area contributed by atoms with Gasteiger partial charge in [0.1, 0.15) is 22.2 Å². The zero-order valence-electron chi connectivity index (χ0n) is 17.8. The number of halogens is 1. The average Bonchev–Trinajstić information content (AvgIpc) is 3.30. The number of phenols is 1. The molecule has 9 heteroatoms. The Morgan fingerprint density at radius 1 is 1.25 bits per heavy atom. The summed E-state index contributed by atoms with van der Waals surface area (Å²) in [6.45, 7) is 4.30. The number of thiazole rings is 1. The number of esters is 1. The molecule has 7 nitrogen and oxygen atoms in total. The number of phenolic OH excluding ortho intramolecular Hbond substituents is 1. The van der Waals surface area contributed by atoms with Gasteiger partial charge < -0.3 is 19.9 Å². The van der Waals surface area contributed by atoms with Crippen molar-refractivity contribution >= 4 is 28.1 Å². The molecule has 2 heterocycles. The molecule has 2 aromatic carbocycles. The second-order valence-corrected chi connectivity index (χ2v) is 8.01. The third-order valence-corrected chi connectivity index (χ3v) is 6.11. The van der Waals surface area contributed by atoms with Gasteiger partial charge in [-0.15, -0.1) is 0 Å². The van der Waals surface area contributed by atoms with E-state index in [1.807, 2.05) is 11.3 Å². The van der Waals surface area contributed by atoms with E-state index in [0.29, 0.717) is 39.3 Å². The second kappa shape index (κ2) is 8.88. The van der Waals surface area contributed by atoms with Crippen molar-refractivity contribution in [2.24, 2.45) is 0 Å². The number of carbonyl (C=O) groups is 1. The molecule has 4 rings (SSSR count). The monoisotopic (exact) mass is 455 g/mol. The van der Waals surface area contributed by atoms with Gasteiger partial charge in [-0.2, -0.15) is 0 Å². The van der Waals surface area contributed by atoms with Crippen LogP contribution in [0.3, 0.4) is 0 Å². The highest BCUT2D eigenvalue weighted by molar-refractivity contribution is 7.19. The predicted molar refractivity (Wildman–Crippen MR) is 121 cm³/mol. The summed E-state index contributed by atoms with van der Waals surface area (Å²) in [5, 5.41) is 13.3. The molecule has 0 fully saturated rings. The summed E-state index contributed by atoms with van der Waals surface area (Å²) in [6.07, 6.45) is 0. The summed E-state index contributed by atoms with van der Waals surface area (Å²) < 4.78 is 25.6. The van der Waals surface area contributed by atoms with Crippen LogP contribution in [-0.2, 0) is 11.3 Å². The number of methoxy groups -OCH3 is 1. The van der Waals surface area contributed by atoms with Gasteiger partial charge >= 0.3 is 5.97 Å². The Hall–Kier alpha value is -3.59. The Kier molecular flexibility index (Phi) is 6.00. The quantitative estimate of drug-likeness (QED) is 0.381. The van der Waals surface area contributed by atoms with E-state index in [4.69, 9.17) is 14.5 Å². The zero-order valence-corrected chi connectivity index (χ0v) is 18.6. The van der Waals surface area contributed by atoms with Gasteiger partial charge in [0, 0.05) is 17.8 Å². The van der Waals surface area contributed by atoms with Crippen LogP contribution in [0.2, 0.25) is 0 Å². The SMILES string of the molecule is CCOC(=O)c1sc2nc(-c3ccc(O)c(OC)c3)c(NCc3ccc(F)cc3)n2c1C. The molecule has 166 valence electrons. The predicted octanol–water partition coefficient (Wildman–Crippen LogP) is 5.01. The van der Waals surface area contributed by atoms with Crippen LogP contribution in [-0.4, -0.2) is 34.2 Å². The number of carbonyl (C=O) groups excluding carboxylic acids is 1. The van der Waals surface area contributed by atoms with Gasteiger partial charge in [0.15, 0.2) is 16.5 Å². The third-order valence-electron chi connectivity index (χ3n) is 4.99. The van der Waals surface area contributed by atoms with Gasteiger partial charge in [-0.1, -0.05) is 23.5 Å². The van der Waals surface area contributed by atoms with Crippen LogP contribution in [0.25, 0.3) is 16.2 Å². The van der Waals surface area contributed by atoms with Crippen LogP contribution in [0.4, 0.5) is 10.2 Å². The highest BCUT2D eigenvalue weighted by Gasteiger charge is 2.24. The Labute approximate surface area is 188 Å². The van der Waals surface area contributed by atoms with Crippen molar-refractivity contribution in [2.75, 3.05) is 19.0 Å². The largest absolute Gasteiger partial charge is 0.504 e. The molecule has 0 saturated carbocycles. The lowest BCUT2D eigenvalue weighted by atomic mass is 10.1. The topological polar surface area (TPSA) is 85.1 Å². The summed E-state index contributed by atoms with van der Waals surface area (Å²) in [5.74, 6) is 0.329. The first kappa shape index (κ1) is 21.6. The van der Waals surface area contributed by atoms with Crippen molar-refractivity contribution in [3.05, 3.63) is 64.4 Å². The molecule has 0 spiro atoms. The van der Waals surface area contributed by atoms with Crippen molar-refractivity contribution in [1.82, 2.24) is 9.38 Å². The van der Waals surface area contributed by atoms with Crippen LogP contribution in [0.15, 0.2) is 42.5 Å². The summed E-state index contributed by atoms with van der Waals surface area (Å²) in [5.41, 5.74) is 2.95. The van der Waals surface area contributed by atoms with Crippen LogP contribution in [0.1, 0.15) is 27.9 Å². The molecule has 0 amide bonds. The van der Waals surface area contributed by atoms with Gasteiger partial charge in [0.25, 0.3) is 0 Å². The molecule has 0 bridgehead atoms. The number of aryl methyl sites for hydroxylation is 1. The maximum atomic E-state index is 13.3. The van der Waals surface area contributed by atoms with Gasteiger partial charge in [-0.25, -0.2) is 14.2 Å². The van der Waals surface area contributed by atoms with Crippen molar-refractivity contribution in [3.63, 3.8) is 0 Å². The number of hydrogen-bond donors (Lipinski definition) is 2. The minimum absolute atomic E-state index is 0.0267. The fourth-order valence-electron chi connectivity index (χ4n) is 3.41. The van der Waals surface area contributed by atoms with E-state index < -0.39 is 5.97 Å². The number of ether oxygens (including phenoxy) is 2. The number of aromatic nitrogens is 2. The Morgan fingerprint density at radius 2 is 2.00 bits per heavy atom. The van der Waals surface area contributed by atoms with E-state index in [0.717, 1.165) is 11.1 Å². The molecule has 0 aliphatic carbocycles. The van der Waals surface area contributed by atoms with Crippen molar-refractivity contribution in [1.29, 1.82) is 0 Å². The molecular weight excluding hydrogens is 433 g/mol. The van der Waals surface area contributed by atoms with Crippen LogP contribution in [0, 0.1) is 12.7 Å². The second-order valence-electron chi connectivity index (χ2n) is 7.03. The first-order valence-electron chi connectivity index (χ1n) is 9.97. The number of fused-ring (bicyclic) bond motifs is 1. The van der Waals surface area contributed by atoms with Crippen molar-refractivity contribution in [3.8, 4) is 22.8 Å². The Bertz CT molecular complexity index is 1280. The standard InChI is InChI=1S/C23H22FN3O4S/c1-4-31-22(29)20-13(2)27-21(25-12-14-5-8-16(24)9-6-14)19(26-23(27)32-20)15-7-10-17(28)18(11-15)30-3/h5-11,25,28H,4,12H2,1-3H3.